The van der Waals surface area contributed by atoms with E-state index in [1.807, 2.05) is 55.3 Å². The van der Waals surface area contributed by atoms with E-state index in [2.05, 4.69) is 5.32 Å². The Morgan fingerprint density at radius 1 is 0.966 bits per heavy atom. The minimum atomic E-state index is -0.0628. The zero-order valence-electron chi connectivity index (χ0n) is 17.8. The van der Waals surface area contributed by atoms with Gasteiger partial charge in [0.25, 0.3) is 0 Å². The van der Waals surface area contributed by atoms with Crippen molar-refractivity contribution >= 4 is 5.91 Å². The normalized spacial score (nSPS) is 10.6. The fraction of sp³-hybridized carbons (Fsp3) is 0.409. The number of benzene rings is 2. The lowest BCUT2D eigenvalue weighted by molar-refractivity contribution is -0.122. The predicted molar refractivity (Wildman–Crippen MR) is 112 cm³/mol. The highest BCUT2D eigenvalue weighted by molar-refractivity contribution is 5.78. The molecule has 2 aromatic rings. The Morgan fingerprint density at radius 3 is 2.10 bits per heavy atom. The number of rotatable bonds is 11. The molecule has 0 saturated carbocycles. The molecule has 0 atom stereocenters. The van der Waals surface area contributed by atoms with Gasteiger partial charge in [0.1, 0.15) is 5.75 Å². The van der Waals surface area contributed by atoms with E-state index in [-0.39, 0.29) is 12.5 Å². The molecule has 0 spiro atoms. The van der Waals surface area contributed by atoms with Crippen molar-refractivity contribution in [1.82, 2.24) is 10.2 Å². The summed E-state index contributed by atoms with van der Waals surface area (Å²) in [7, 11) is 6.60. The zero-order valence-corrected chi connectivity index (χ0v) is 17.8. The van der Waals surface area contributed by atoms with Gasteiger partial charge in [-0.2, -0.15) is 0 Å². The molecule has 0 radical (unpaired) electrons. The van der Waals surface area contributed by atoms with Crippen molar-refractivity contribution in [2.24, 2.45) is 0 Å². The van der Waals surface area contributed by atoms with Crippen LogP contribution in [0.2, 0.25) is 0 Å². The Balaban J connectivity index is 1.89. The average molecular weight is 402 g/mol. The minimum absolute atomic E-state index is 0.0628. The molecule has 0 aliphatic heterocycles. The standard InChI is InChI=1S/C22H30N2O5/c1-6-29-18-9-7-16(8-10-18)14-24(2)15-21(25)23-13-17-11-19(26-3)22(28-5)20(12-17)27-4/h7-12H,6,13-15H2,1-5H3,(H,23,25). The number of amides is 1. The second-order valence-corrected chi connectivity index (χ2v) is 6.56. The van der Waals surface area contributed by atoms with Crippen LogP contribution in [0, 0.1) is 0 Å². The van der Waals surface area contributed by atoms with E-state index in [1.165, 1.54) is 0 Å². The third kappa shape index (κ3) is 6.57. The SMILES string of the molecule is CCOc1ccc(CN(C)CC(=O)NCc2cc(OC)c(OC)c(OC)c2)cc1. The van der Waals surface area contributed by atoms with Gasteiger partial charge in [-0.05, 0) is 49.4 Å². The van der Waals surface area contributed by atoms with Crippen LogP contribution in [0.3, 0.4) is 0 Å². The summed E-state index contributed by atoms with van der Waals surface area (Å²) in [6.45, 7) is 3.93. The van der Waals surface area contributed by atoms with Gasteiger partial charge in [0.2, 0.25) is 11.7 Å². The van der Waals surface area contributed by atoms with E-state index < -0.39 is 0 Å². The van der Waals surface area contributed by atoms with Crippen molar-refractivity contribution in [3.63, 3.8) is 0 Å². The molecule has 7 heteroatoms. The molecule has 0 aliphatic rings. The molecule has 0 aliphatic carbocycles. The molecular weight excluding hydrogens is 372 g/mol. The molecular formula is C22H30N2O5. The van der Waals surface area contributed by atoms with Gasteiger partial charge in [-0.3, -0.25) is 9.69 Å². The number of likely N-dealkylation sites (N-methyl/N-ethyl adjacent to an activating group) is 1. The predicted octanol–water partition coefficient (Wildman–Crippen LogP) is 2.86. The van der Waals surface area contributed by atoms with Crippen LogP contribution in [0.1, 0.15) is 18.1 Å². The van der Waals surface area contributed by atoms with E-state index >= 15 is 0 Å². The fourth-order valence-electron chi connectivity index (χ4n) is 2.96. The van der Waals surface area contributed by atoms with Crippen LogP contribution in [0.5, 0.6) is 23.0 Å². The maximum atomic E-state index is 12.3. The van der Waals surface area contributed by atoms with E-state index in [9.17, 15) is 4.79 Å². The summed E-state index contributed by atoms with van der Waals surface area (Å²) in [4.78, 5) is 14.3. The second-order valence-electron chi connectivity index (χ2n) is 6.56. The van der Waals surface area contributed by atoms with Crippen molar-refractivity contribution in [2.45, 2.75) is 20.0 Å². The molecule has 1 N–H and O–H groups in total. The molecule has 1 amide bonds. The molecule has 7 nitrogen and oxygen atoms in total. The van der Waals surface area contributed by atoms with Crippen molar-refractivity contribution < 1.29 is 23.7 Å². The van der Waals surface area contributed by atoms with Gasteiger partial charge in [0.15, 0.2) is 11.5 Å². The summed E-state index contributed by atoms with van der Waals surface area (Å²) < 4.78 is 21.5. The van der Waals surface area contributed by atoms with Crippen molar-refractivity contribution in [1.29, 1.82) is 0 Å². The van der Waals surface area contributed by atoms with E-state index in [1.54, 1.807) is 21.3 Å². The Hall–Kier alpha value is -2.93. The van der Waals surface area contributed by atoms with Gasteiger partial charge in [0.05, 0.1) is 34.5 Å². The molecule has 158 valence electrons. The first-order valence-corrected chi connectivity index (χ1v) is 9.46. The van der Waals surface area contributed by atoms with Crippen LogP contribution in [0.25, 0.3) is 0 Å². The average Bonchev–Trinajstić information content (AvgIpc) is 2.72. The Morgan fingerprint density at radius 2 is 1.59 bits per heavy atom. The van der Waals surface area contributed by atoms with Crippen LogP contribution in [-0.4, -0.2) is 52.3 Å². The minimum Gasteiger partial charge on any atom is -0.494 e. The molecule has 0 aromatic heterocycles. The summed E-state index contributed by atoms with van der Waals surface area (Å²) >= 11 is 0. The van der Waals surface area contributed by atoms with Gasteiger partial charge < -0.3 is 24.3 Å². The second kappa shape index (κ2) is 11.2. The smallest absolute Gasteiger partial charge is 0.234 e. The molecule has 0 heterocycles. The molecule has 0 unspecified atom stereocenters. The first kappa shape index (κ1) is 22.4. The lowest BCUT2D eigenvalue weighted by Crippen LogP contribution is -2.34. The third-order valence-electron chi connectivity index (χ3n) is 4.31. The number of carbonyl (C=O) groups is 1. The zero-order chi connectivity index (χ0) is 21.2. The summed E-state index contributed by atoms with van der Waals surface area (Å²) in [5.41, 5.74) is 1.98. The van der Waals surface area contributed by atoms with Crippen LogP contribution in [-0.2, 0) is 17.9 Å². The number of carbonyl (C=O) groups excluding carboxylic acids is 1. The highest BCUT2D eigenvalue weighted by Crippen LogP contribution is 2.38. The fourth-order valence-corrected chi connectivity index (χ4v) is 2.96. The number of nitrogens with one attached hydrogen (secondary N) is 1. The molecule has 0 fully saturated rings. The van der Waals surface area contributed by atoms with Gasteiger partial charge in [-0.1, -0.05) is 12.1 Å². The first-order chi connectivity index (χ1) is 14.0. The summed E-state index contributed by atoms with van der Waals surface area (Å²) in [5, 5.41) is 2.93. The number of methoxy groups -OCH3 is 3. The Bertz CT molecular complexity index is 767. The number of ether oxygens (including phenoxy) is 4. The molecule has 2 aromatic carbocycles. The summed E-state index contributed by atoms with van der Waals surface area (Å²) in [6.07, 6.45) is 0. The quantitative estimate of drug-likeness (QED) is 0.623. The largest absolute Gasteiger partial charge is 0.494 e. The molecule has 2 rings (SSSR count). The highest BCUT2D eigenvalue weighted by atomic mass is 16.5. The van der Waals surface area contributed by atoms with Gasteiger partial charge in [-0.15, -0.1) is 0 Å². The molecule has 0 saturated heterocycles. The van der Waals surface area contributed by atoms with E-state index in [4.69, 9.17) is 18.9 Å². The Labute approximate surface area is 172 Å². The lowest BCUT2D eigenvalue weighted by Gasteiger charge is -2.17. The van der Waals surface area contributed by atoms with Gasteiger partial charge in [0, 0.05) is 13.1 Å². The van der Waals surface area contributed by atoms with Crippen molar-refractivity contribution in [2.75, 3.05) is 41.5 Å². The molecule has 29 heavy (non-hydrogen) atoms. The molecule has 0 bridgehead atoms. The number of hydrogen-bond donors (Lipinski definition) is 1. The van der Waals surface area contributed by atoms with Crippen LogP contribution >= 0.6 is 0 Å². The van der Waals surface area contributed by atoms with Crippen molar-refractivity contribution in [3.8, 4) is 23.0 Å². The lowest BCUT2D eigenvalue weighted by atomic mass is 10.1. The van der Waals surface area contributed by atoms with Crippen LogP contribution in [0.4, 0.5) is 0 Å². The summed E-state index contributed by atoms with van der Waals surface area (Å²) in [5.74, 6) is 2.43. The van der Waals surface area contributed by atoms with E-state index in [0.717, 1.165) is 16.9 Å². The monoisotopic (exact) mass is 402 g/mol. The summed E-state index contributed by atoms with van der Waals surface area (Å²) in [6, 6.07) is 11.6. The van der Waals surface area contributed by atoms with Crippen molar-refractivity contribution in [3.05, 3.63) is 47.5 Å². The maximum Gasteiger partial charge on any atom is 0.234 e. The Kier molecular flexibility index (Phi) is 8.61. The van der Waals surface area contributed by atoms with Gasteiger partial charge in [-0.25, -0.2) is 0 Å². The van der Waals surface area contributed by atoms with Gasteiger partial charge >= 0.3 is 0 Å². The highest BCUT2D eigenvalue weighted by Gasteiger charge is 2.14. The number of nitrogens with zero attached hydrogens (tertiary/aromatic N) is 1. The van der Waals surface area contributed by atoms with E-state index in [0.29, 0.717) is 36.9 Å². The van der Waals surface area contributed by atoms with Crippen LogP contribution < -0.4 is 24.3 Å². The first-order valence-electron chi connectivity index (χ1n) is 9.46. The topological polar surface area (TPSA) is 69.3 Å². The van der Waals surface area contributed by atoms with Crippen LogP contribution in [0.15, 0.2) is 36.4 Å². The maximum absolute atomic E-state index is 12.3. The third-order valence-corrected chi connectivity index (χ3v) is 4.31. The number of hydrogen-bond acceptors (Lipinski definition) is 6.